The van der Waals surface area contributed by atoms with E-state index in [9.17, 15) is 9.90 Å². The largest absolute Gasteiger partial charge is 0.512 e. The van der Waals surface area contributed by atoms with Gasteiger partial charge in [-0.3, -0.25) is 14.8 Å². The van der Waals surface area contributed by atoms with Gasteiger partial charge in [0.2, 0.25) is 0 Å². The molecule has 0 spiro atoms. The Balaban J connectivity index is 0.000000334. The van der Waals surface area contributed by atoms with Crippen molar-refractivity contribution in [1.29, 1.82) is 0 Å². The summed E-state index contributed by atoms with van der Waals surface area (Å²) in [5.74, 6) is 1.19. The quantitative estimate of drug-likeness (QED) is 0.0983. The predicted octanol–water partition coefficient (Wildman–Crippen LogP) is 11.2. The molecule has 0 amide bonds. The monoisotopic (exact) mass is 824 g/mol. The van der Waals surface area contributed by atoms with E-state index in [1.165, 1.54) is 39.3 Å². The van der Waals surface area contributed by atoms with Crippen molar-refractivity contribution >= 4 is 16.6 Å². The summed E-state index contributed by atoms with van der Waals surface area (Å²) >= 11 is 0. The number of aliphatic hydroxyl groups is 1. The number of ketones is 1. The number of benzene rings is 2. The number of hydrogen-bond acceptors (Lipinski definition) is 4. The van der Waals surface area contributed by atoms with Crippen LogP contribution in [0, 0.1) is 23.8 Å². The molecule has 5 heteroatoms. The summed E-state index contributed by atoms with van der Waals surface area (Å²) in [7, 11) is 0. The zero-order valence-corrected chi connectivity index (χ0v) is 32.9. The Bertz CT molecular complexity index is 1710. The van der Waals surface area contributed by atoms with E-state index < -0.39 is 0 Å². The van der Waals surface area contributed by atoms with Crippen LogP contribution >= 0.6 is 0 Å². The third-order valence-corrected chi connectivity index (χ3v) is 9.51. The molecule has 5 rings (SSSR count). The Labute approximate surface area is 303 Å². The fourth-order valence-electron chi connectivity index (χ4n) is 6.66. The van der Waals surface area contributed by atoms with E-state index in [0.717, 1.165) is 67.3 Å². The molecule has 0 fully saturated rings. The minimum Gasteiger partial charge on any atom is -0.512 e. The van der Waals surface area contributed by atoms with Crippen molar-refractivity contribution in [3.63, 3.8) is 0 Å². The first-order valence-electron chi connectivity index (χ1n) is 17.8. The van der Waals surface area contributed by atoms with Gasteiger partial charge in [-0.2, -0.15) is 0 Å². The summed E-state index contributed by atoms with van der Waals surface area (Å²) in [6.07, 6.45) is 12.2. The van der Waals surface area contributed by atoms with E-state index in [1.54, 1.807) is 0 Å². The number of nitrogens with zero attached hydrogens (tertiary/aromatic N) is 2. The minimum absolute atomic E-state index is 0. The zero-order valence-electron chi connectivity index (χ0n) is 30.5. The minimum atomic E-state index is 0. The van der Waals surface area contributed by atoms with Crippen LogP contribution in [-0.4, -0.2) is 20.9 Å². The molecule has 2 aromatic carbocycles. The van der Waals surface area contributed by atoms with Crippen LogP contribution < -0.4 is 0 Å². The van der Waals surface area contributed by atoms with E-state index >= 15 is 0 Å². The molecule has 4 aromatic rings. The third kappa shape index (κ3) is 9.51. The zero-order chi connectivity index (χ0) is 34.3. The maximum absolute atomic E-state index is 11.7. The molecule has 0 saturated carbocycles. The van der Waals surface area contributed by atoms with Gasteiger partial charge in [0.1, 0.15) is 0 Å². The molecule has 0 saturated heterocycles. The van der Waals surface area contributed by atoms with Crippen LogP contribution in [0.4, 0.5) is 0 Å². The maximum atomic E-state index is 11.7. The van der Waals surface area contributed by atoms with Gasteiger partial charge in [-0.05, 0) is 78.5 Å². The van der Waals surface area contributed by atoms with Crippen molar-refractivity contribution in [2.75, 3.05) is 0 Å². The number of rotatable bonds is 10. The van der Waals surface area contributed by atoms with E-state index in [2.05, 4.69) is 95.5 Å². The number of aryl methyl sites for hydroxylation is 2. The molecule has 4 nitrogen and oxygen atoms in total. The fourth-order valence-corrected chi connectivity index (χ4v) is 6.66. The molecule has 1 aliphatic carbocycles. The van der Waals surface area contributed by atoms with Crippen LogP contribution in [0.15, 0.2) is 66.7 Å². The fraction of sp³-hybridized carbons (Fsp3) is 0.465. The molecule has 259 valence electrons. The average molecular weight is 824 g/mol. The molecule has 1 radical (unpaired) electrons. The predicted molar refractivity (Wildman–Crippen MR) is 198 cm³/mol. The summed E-state index contributed by atoms with van der Waals surface area (Å²) in [5, 5.41) is 12.2. The molecule has 0 bridgehead atoms. The number of carbonyl (C=O) groups excluding carboxylic acids is 1. The first-order chi connectivity index (χ1) is 22.4. The second-order valence-electron chi connectivity index (χ2n) is 14.6. The van der Waals surface area contributed by atoms with Gasteiger partial charge in [-0.15, -0.1) is 29.1 Å². The second-order valence-corrected chi connectivity index (χ2v) is 14.6. The molecule has 1 aliphatic rings. The van der Waals surface area contributed by atoms with Crippen molar-refractivity contribution in [2.24, 2.45) is 17.8 Å². The summed E-state index contributed by atoms with van der Waals surface area (Å²) < 4.78 is 0. The summed E-state index contributed by atoms with van der Waals surface area (Å²) in [5.41, 5.74) is 9.75. The number of pyridine rings is 2. The maximum Gasteiger partial charge on any atom is 0.162 e. The molecule has 48 heavy (non-hydrogen) atoms. The first kappa shape index (κ1) is 39.3. The van der Waals surface area contributed by atoms with E-state index in [4.69, 9.17) is 9.97 Å². The van der Waals surface area contributed by atoms with Gasteiger partial charge in [0.15, 0.2) is 5.78 Å². The van der Waals surface area contributed by atoms with Gasteiger partial charge in [0, 0.05) is 56.1 Å². The van der Waals surface area contributed by atoms with Crippen LogP contribution in [0.1, 0.15) is 110 Å². The Kier molecular flexibility index (Phi) is 14.3. The molecule has 2 heterocycles. The van der Waals surface area contributed by atoms with Crippen molar-refractivity contribution in [3.05, 3.63) is 95.0 Å². The van der Waals surface area contributed by atoms with E-state index in [0.29, 0.717) is 5.92 Å². The number of fused-ring (bicyclic) bond motifs is 4. The molecule has 0 unspecified atom stereocenters. The van der Waals surface area contributed by atoms with Gasteiger partial charge in [-0.25, -0.2) is 0 Å². The van der Waals surface area contributed by atoms with E-state index in [-0.39, 0.29) is 48.9 Å². The Morgan fingerprint density at radius 3 is 2.17 bits per heavy atom. The van der Waals surface area contributed by atoms with Crippen LogP contribution in [0.25, 0.3) is 33.3 Å². The van der Waals surface area contributed by atoms with Crippen molar-refractivity contribution in [1.82, 2.24) is 9.97 Å². The smallest absolute Gasteiger partial charge is 0.162 e. The first-order valence-corrected chi connectivity index (χ1v) is 17.8. The SMILES string of the molecule is CC(C)Cc1cnc2c(c1)CCc1cnc(-c3[c-]c4ccccc4c(C(C)(C)C)c3)cc1-2.CCC(CC)C(=O)/C=C(\O)C(CC)CC.[Ir]. The van der Waals surface area contributed by atoms with E-state index in [1.807, 2.05) is 27.7 Å². The average Bonchev–Trinajstić information content (AvgIpc) is 3.04. The Morgan fingerprint density at radius 1 is 0.896 bits per heavy atom. The van der Waals surface area contributed by atoms with Crippen LogP contribution in [0.2, 0.25) is 0 Å². The molecule has 0 aliphatic heterocycles. The molecule has 2 aromatic heterocycles. The number of carbonyl (C=O) groups is 1. The molecule has 0 atom stereocenters. The number of hydrogen-bond donors (Lipinski definition) is 1. The topological polar surface area (TPSA) is 63.1 Å². The van der Waals surface area contributed by atoms with Crippen molar-refractivity contribution in [3.8, 4) is 22.5 Å². The van der Waals surface area contributed by atoms with Crippen LogP contribution in [0.5, 0.6) is 0 Å². The molecular formula is C43H55IrN2O2-. The summed E-state index contributed by atoms with van der Waals surface area (Å²) in [6.45, 7) is 19.4. The number of aromatic nitrogens is 2. The van der Waals surface area contributed by atoms with Gasteiger partial charge in [0.25, 0.3) is 0 Å². The molecule has 1 N–H and O–H groups in total. The van der Waals surface area contributed by atoms with Gasteiger partial charge >= 0.3 is 0 Å². The normalized spacial score (nSPS) is 12.8. The van der Waals surface area contributed by atoms with Gasteiger partial charge in [0.05, 0.1) is 11.5 Å². The van der Waals surface area contributed by atoms with Crippen molar-refractivity contribution < 1.29 is 30.0 Å². The summed E-state index contributed by atoms with van der Waals surface area (Å²) in [6, 6.07) is 19.1. The number of allylic oxidation sites excluding steroid dienone is 2. The second kappa shape index (κ2) is 17.5. The summed E-state index contributed by atoms with van der Waals surface area (Å²) in [4.78, 5) is 21.5. The Morgan fingerprint density at radius 2 is 1.54 bits per heavy atom. The van der Waals surface area contributed by atoms with Crippen LogP contribution in [-0.2, 0) is 49.6 Å². The van der Waals surface area contributed by atoms with Crippen molar-refractivity contribution in [2.45, 2.75) is 113 Å². The number of aliphatic hydroxyl groups excluding tert-OH is 1. The third-order valence-electron chi connectivity index (χ3n) is 9.51. The Hall–Kier alpha value is -3.14. The molecular weight excluding hydrogens is 769 g/mol. The van der Waals surface area contributed by atoms with Crippen LogP contribution in [0.3, 0.4) is 0 Å². The standard InChI is InChI=1S/C30H31N2.C13H24O2.Ir/c1-19(2)12-20-13-22-10-11-23-18-31-28(16-26(23)29(22)32-17-20)24-14-21-8-6-7-9-25(21)27(15-24)30(3,4)5;1-5-10(6-2)12(14)9-13(15)11(7-3)8-4;/h6-9,13,15-19H,10-12H2,1-5H3;9-11,14H,5-8H2,1-4H3;/q-1;;/b;12-9-;. The van der Waals surface area contributed by atoms with Gasteiger partial charge in [-0.1, -0.05) is 104 Å². The van der Waals surface area contributed by atoms with Gasteiger partial charge < -0.3 is 5.11 Å².